The van der Waals surface area contributed by atoms with Crippen LogP contribution >= 0.6 is 23.2 Å². The molecule has 228 valence electrons. The molecule has 0 aliphatic carbocycles. The maximum Gasteiger partial charge on any atom is 0.407 e. The quantitative estimate of drug-likeness (QED) is 0.129. The van der Waals surface area contributed by atoms with E-state index in [1.807, 2.05) is 54.6 Å². The van der Waals surface area contributed by atoms with Crippen LogP contribution in [-0.2, 0) is 0 Å². The third kappa shape index (κ3) is 6.79. The summed E-state index contributed by atoms with van der Waals surface area (Å²) in [6, 6.07) is 27.7. The predicted octanol–water partition coefficient (Wildman–Crippen LogP) is 8.66. The highest BCUT2D eigenvalue weighted by molar-refractivity contribution is 6.36. The van der Waals surface area contributed by atoms with Crippen LogP contribution in [0.25, 0.3) is 22.4 Å². The monoisotopic (exact) mass is 642 g/mol. The number of imidazole rings is 1. The third-order valence-corrected chi connectivity index (χ3v) is 8.52. The SMILES string of the molecule is O=C(O)N1CCC(Oc2ccc(-c3ccc(C(c4ccc([N+](=O)[O-])cc4)c4ncc(-c5ccc(Cl)cc5Cl)[nH]4)cc3)cc2)CC1. The number of piperidine rings is 1. The highest BCUT2D eigenvalue weighted by atomic mass is 35.5. The molecule has 2 N–H and O–H groups in total. The van der Waals surface area contributed by atoms with Gasteiger partial charge in [-0.1, -0.05) is 71.7 Å². The summed E-state index contributed by atoms with van der Waals surface area (Å²) in [5, 5.41) is 21.5. The van der Waals surface area contributed by atoms with Gasteiger partial charge in [-0.25, -0.2) is 9.78 Å². The van der Waals surface area contributed by atoms with E-state index in [0.717, 1.165) is 39.3 Å². The number of halogens is 2. The maximum atomic E-state index is 11.3. The number of nitrogens with one attached hydrogen (secondary N) is 1. The molecule has 1 amide bonds. The Morgan fingerprint density at radius 2 is 1.53 bits per heavy atom. The molecular weight excluding hydrogens is 615 g/mol. The summed E-state index contributed by atoms with van der Waals surface area (Å²) in [5.74, 6) is 1.08. The van der Waals surface area contributed by atoms with Crippen LogP contribution < -0.4 is 4.74 Å². The van der Waals surface area contributed by atoms with E-state index in [1.54, 1.807) is 30.5 Å². The molecule has 1 fully saturated rings. The summed E-state index contributed by atoms with van der Waals surface area (Å²) in [7, 11) is 0. The minimum atomic E-state index is -0.889. The summed E-state index contributed by atoms with van der Waals surface area (Å²) >= 11 is 12.5. The summed E-state index contributed by atoms with van der Waals surface area (Å²) < 4.78 is 6.11. The molecule has 1 atom stereocenters. The smallest absolute Gasteiger partial charge is 0.407 e. The number of benzene rings is 4. The van der Waals surface area contributed by atoms with E-state index in [9.17, 15) is 14.9 Å². The lowest BCUT2D eigenvalue weighted by Crippen LogP contribution is -2.41. The van der Waals surface area contributed by atoms with Crippen molar-refractivity contribution in [1.29, 1.82) is 0 Å². The minimum Gasteiger partial charge on any atom is -0.490 e. The van der Waals surface area contributed by atoms with E-state index in [2.05, 4.69) is 4.98 Å². The molecule has 45 heavy (non-hydrogen) atoms. The van der Waals surface area contributed by atoms with Crippen LogP contribution in [0, 0.1) is 10.1 Å². The van der Waals surface area contributed by atoms with E-state index >= 15 is 0 Å². The number of hydrogen-bond donors (Lipinski definition) is 2. The Hall–Kier alpha value is -4.86. The van der Waals surface area contributed by atoms with Crippen molar-refractivity contribution in [2.75, 3.05) is 13.1 Å². The number of nitro groups is 1. The second-order valence-electron chi connectivity index (χ2n) is 10.8. The van der Waals surface area contributed by atoms with Crippen LogP contribution in [0.1, 0.15) is 35.7 Å². The zero-order chi connectivity index (χ0) is 31.5. The van der Waals surface area contributed by atoms with Gasteiger partial charge in [0.1, 0.15) is 17.7 Å². The molecule has 1 aromatic heterocycles. The Morgan fingerprint density at radius 1 is 0.933 bits per heavy atom. The lowest BCUT2D eigenvalue weighted by molar-refractivity contribution is -0.384. The number of carboxylic acid groups (broad SMARTS) is 1. The number of non-ortho nitro benzene ring substituents is 1. The van der Waals surface area contributed by atoms with Crippen molar-refractivity contribution < 1.29 is 19.6 Å². The topological polar surface area (TPSA) is 122 Å². The Balaban J connectivity index is 1.24. The fourth-order valence-corrected chi connectivity index (χ4v) is 6.09. The first-order chi connectivity index (χ1) is 21.7. The zero-order valence-corrected chi connectivity index (χ0v) is 25.4. The van der Waals surface area contributed by atoms with Crippen molar-refractivity contribution >= 4 is 35.0 Å². The fourth-order valence-electron chi connectivity index (χ4n) is 5.58. The van der Waals surface area contributed by atoms with Crippen molar-refractivity contribution in [3.8, 4) is 28.1 Å². The second-order valence-corrected chi connectivity index (χ2v) is 11.7. The normalized spacial score (nSPS) is 14.2. The average molecular weight is 644 g/mol. The van der Waals surface area contributed by atoms with Gasteiger partial charge in [0, 0.05) is 48.6 Å². The van der Waals surface area contributed by atoms with Crippen LogP contribution in [0.3, 0.4) is 0 Å². The van der Waals surface area contributed by atoms with E-state index in [0.29, 0.717) is 41.8 Å². The van der Waals surface area contributed by atoms with Gasteiger partial charge in [-0.2, -0.15) is 0 Å². The number of rotatable bonds is 8. The third-order valence-electron chi connectivity index (χ3n) is 7.97. The minimum absolute atomic E-state index is 0.0130. The van der Waals surface area contributed by atoms with Gasteiger partial charge >= 0.3 is 6.09 Å². The molecule has 0 radical (unpaired) electrons. The number of H-pyrrole nitrogens is 1. The summed E-state index contributed by atoms with van der Waals surface area (Å²) in [6.45, 7) is 0.943. The lowest BCUT2D eigenvalue weighted by Gasteiger charge is -2.30. The molecule has 6 rings (SSSR count). The Bertz CT molecular complexity index is 1820. The van der Waals surface area contributed by atoms with E-state index in [1.165, 1.54) is 17.0 Å². The zero-order valence-electron chi connectivity index (χ0n) is 23.9. The number of nitrogens with zero attached hydrogens (tertiary/aromatic N) is 3. The number of aromatic amines is 1. The van der Waals surface area contributed by atoms with Crippen LogP contribution in [0.5, 0.6) is 5.75 Å². The van der Waals surface area contributed by atoms with Gasteiger partial charge in [0.2, 0.25) is 0 Å². The van der Waals surface area contributed by atoms with Crippen molar-refractivity contribution in [2.24, 2.45) is 0 Å². The summed E-state index contributed by atoms with van der Waals surface area (Å²) in [5.41, 5.74) is 5.31. The summed E-state index contributed by atoms with van der Waals surface area (Å²) in [4.78, 5) is 31.5. The maximum absolute atomic E-state index is 11.3. The molecule has 0 bridgehead atoms. The fraction of sp³-hybridized carbons (Fsp3) is 0.176. The molecule has 0 saturated carbocycles. The molecular formula is C34H28Cl2N4O5. The first kappa shape index (κ1) is 30.2. The molecule has 9 nitrogen and oxygen atoms in total. The number of nitro benzene ring substituents is 1. The highest BCUT2D eigenvalue weighted by Gasteiger charge is 2.24. The van der Waals surface area contributed by atoms with Crippen LogP contribution in [0.2, 0.25) is 10.0 Å². The van der Waals surface area contributed by atoms with Gasteiger partial charge in [0.25, 0.3) is 5.69 Å². The standard InChI is InChI=1S/C34H28Cl2N4O5/c35-25-9-14-29(30(36)19-25)31-20-37-33(38-31)32(24-5-10-26(11-6-24)40(43)44)23-3-1-21(2-4-23)22-7-12-27(13-8-22)45-28-15-17-39(18-16-28)34(41)42/h1-14,19-20,28,32H,15-18H2,(H,37,38)(H,41,42). The van der Waals surface area contributed by atoms with Gasteiger partial charge in [-0.05, 0) is 52.6 Å². The molecule has 1 unspecified atom stereocenters. The van der Waals surface area contributed by atoms with Crippen molar-refractivity contribution in [3.63, 3.8) is 0 Å². The number of aromatic nitrogens is 2. The molecule has 1 aliphatic rings. The molecule has 0 spiro atoms. The highest BCUT2D eigenvalue weighted by Crippen LogP contribution is 2.36. The van der Waals surface area contributed by atoms with E-state index < -0.39 is 11.0 Å². The van der Waals surface area contributed by atoms with Crippen LogP contribution in [0.4, 0.5) is 10.5 Å². The lowest BCUT2D eigenvalue weighted by atomic mass is 9.89. The molecule has 2 heterocycles. The van der Waals surface area contributed by atoms with Gasteiger partial charge in [0.15, 0.2) is 0 Å². The number of amides is 1. The van der Waals surface area contributed by atoms with Gasteiger partial charge in [-0.3, -0.25) is 10.1 Å². The Kier molecular flexibility index (Phi) is 8.73. The van der Waals surface area contributed by atoms with Crippen molar-refractivity contribution in [3.05, 3.63) is 134 Å². The number of likely N-dealkylation sites (tertiary alicyclic amines) is 1. The van der Waals surface area contributed by atoms with Crippen LogP contribution in [0.15, 0.2) is 97.2 Å². The largest absolute Gasteiger partial charge is 0.490 e. The van der Waals surface area contributed by atoms with Gasteiger partial charge < -0.3 is 19.7 Å². The molecule has 4 aromatic carbocycles. The Labute approximate surface area is 269 Å². The molecule has 1 aliphatic heterocycles. The van der Waals surface area contributed by atoms with E-state index in [-0.39, 0.29) is 17.7 Å². The molecule has 1 saturated heterocycles. The van der Waals surface area contributed by atoms with Crippen LogP contribution in [-0.4, -0.2) is 50.2 Å². The van der Waals surface area contributed by atoms with Crippen molar-refractivity contribution in [1.82, 2.24) is 14.9 Å². The first-order valence-corrected chi connectivity index (χ1v) is 15.1. The first-order valence-electron chi connectivity index (χ1n) is 14.3. The van der Waals surface area contributed by atoms with Crippen molar-refractivity contribution in [2.45, 2.75) is 24.9 Å². The number of ether oxygens (including phenoxy) is 1. The average Bonchev–Trinajstić information content (AvgIpc) is 3.52. The van der Waals surface area contributed by atoms with Gasteiger partial charge in [0.05, 0.1) is 27.8 Å². The Morgan fingerprint density at radius 3 is 2.11 bits per heavy atom. The molecule has 11 heteroatoms. The number of hydrogen-bond acceptors (Lipinski definition) is 5. The van der Waals surface area contributed by atoms with E-state index in [4.69, 9.17) is 38.0 Å². The number of carbonyl (C=O) groups is 1. The second kappa shape index (κ2) is 13.0. The molecule has 5 aromatic rings. The summed E-state index contributed by atoms with van der Waals surface area (Å²) in [6.07, 6.45) is 2.14. The predicted molar refractivity (Wildman–Crippen MR) is 173 cm³/mol. The van der Waals surface area contributed by atoms with Gasteiger partial charge in [-0.15, -0.1) is 0 Å².